The van der Waals surface area contributed by atoms with E-state index in [4.69, 9.17) is 9.15 Å². The average molecular weight is 364 g/mol. The fraction of sp³-hybridized carbons (Fsp3) is 0.353. The highest BCUT2D eigenvalue weighted by atomic mass is 32.2. The van der Waals surface area contributed by atoms with Crippen LogP contribution in [0.5, 0.6) is 0 Å². The van der Waals surface area contributed by atoms with E-state index in [-0.39, 0.29) is 24.7 Å². The van der Waals surface area contributed by atoms with Crippen LogP contribution < -0.4 is 4.72 Å². The fourth-order valence-corrected chi connectivity index (χ4v) is 3.84. The molecule has 1 aromatic carbocycles. The van der Waals surface area contributed by atoms with Crippen LogP contribution in [0.4, 0.5) is 0 Å². The van der Waals surface area contributed by atoms with Crippen molar-refractivity contribution < 1.29 is 22.4 Å². The summed E-state index contributed by atoms with van der Waals surface area (Å²) in [5, 5.41) is 0. The minimum Gasteiger partial charge on any atom is -0.468 e. The van der Waals surface area contributed by atoms with Gasteiger partial charge in [0.25, 0.3) is 5.91 Å². The minimum absolute atomic E-state index is 0.0920. The van der Waals surface area contributed by atoms with Crippen LogP contribution in [-0.2, 0) is 21.3 Å². The van der Waals surface area contributed by atoms with Gasteiger partial charge in [-0.25, -0.2) is 13.1 Å². The number of nitrogens with one attached hydrogen (secondary N) is 1. The molecule has 1 atom stereocenters. The van der Waals surface area contributed by atoms with Crippen molar-refractivity contribution in [3.05, 3.63) is 60.1 Å². The summed E-state index contributed by atoms with van der Waals surface area (Å²) in [5.41, 5.74) is 0.585. The zero-order valence-corrected chi connectivity index (χ0v) is 14.4. The van der Waals surface area contributed by atoms with Crippen LogP contribution >= 0.6 is 0 Å². The first-order valence-corrected chi connectivity index (χ1v) is 9.64. The van der Waals surface area contributed by atoms with Crippen LogP contribution in [0.15, 0.2) is 53.1 Å². The van der Waals surface area contributed by atoms with Crippen molar-refractivity contribution in [2.24, 2.45) is 0 Å². The molecule has 25 heavy (non-hydrogen) atoms. The number of ether oxygens (including phenoxy) is 1. The molecule has 1 fully saturated rings. The Balaban J connectivity index is 1.56. The first-order chi connectivity index (χ1) is 12.0. The summed E-state index contributed by atoms with van der Waals surface area (Å²) < 4.78 is 37.5. The topological polar surface area (TPSA) is 88.8 Å². The Bertz CT molecular complexity index is 790. The van der Waals surface area contributed by atoms with Gasteiger partial charge in [-0.15, -0.1) is 0 Å². The predicted molar refractivity (Wildman–Crippen MR) is 91.4 cm³/mol. The summed E-state index contributed by atoms with van der Waals surface area (Å²) in [4.78, 5) is 14.1. The van der Waals surface area contributed by atoms with Crippen molar-refractivity contribution >= 4 is 15.9 Å². The summed E-state index contributed by atoms with van der Waals surface area (Å²) in [6, 6.07) is 12.3. The number of benzene rings is 1. The molecule has 7 nitrogen and oxygen atoms in total. The van der Waals surface area contributed by atoms with E-state index in [1.54, 1.807) is 41.3 Å². The lowest BCUT2D eigenvalue weighted by molar-refractivity contribution is -0.0110. The molecule has 0 saturated carbocycles. The lowest BCUT2D eigenvalue weighted by atomic mass is 10.2. The molecule has 134 valence electrons. The van der Waals surface area contributed by atoms with Crippen LogP contribution in [0.1, 0.15) is 16.1 Å². The van der Waals surface area contributed by atoms with Gasteiger partial charge in [0.15, 0.2) is 0 Å². The molecule has 0 aliphatic carbocycles. The van der Waals surface area contributed by atoms with Crippen LogP contribution in [0.3, 0.4) is 0 Å². The molecule has 0 bridgehead atoms. The van der Waals surface area contributed by atoms with Gasteiger partial charge in [-0.3, -0.25) is 4.79 Å². The van der Waals surface area contributed by atoms with E-state index in [0.29, 0.717) is 24.5 Å². The third-order valence-corrected chi connectivity index (χ3v) is 5.29. The van der Waals surface area contributed by atoms with Crippen molar-refractivity contribution in [3.63, 3.8) is 0 Å². The zero-order valence-electron chi connectivity index (χ0n) is 13.6. The van der Waals surface area contributed by atoms with E-state index >= 15 is 0 Å². The lowest BCUT2D eigenvalue weighted by Gasteiger charge is -2.32. The van der Waals surface area contributed by atoms with Crippen LogP contribution in [0.25, 0.3) is 0 Å². The third kappa shape index (κ3) is 4.91. The van der Waals surface area contributed by atoms with E-state index in [2.05, 4.69) is 4.72 Å². The maximum absolute atomic E-state index is 12.5. The molecule has 1 aliphatic rings. The molecular formula is C17H20N2O5S. The molecule has 2 heterocycles. The smallest absolute Gasteiger partial charge is 0.254 e. The number of furan rings is 1. The number of hydrogen-bond donors (Lipinski definition) is 1. The van der Waals surface area contributed by atoms with E-state index in [9.17, 15) is 13.2 Å². The fourth-order valence-electron chi connectivity index (χ4n) is 2.67. The van der Waals surface area contributed by atoms with Gasteiger partial charge < -0.3 is 14.1 Å². The second kappa shape index (κ2) is 7.81. The van der Waals surface area contributed by atoms with E-state index in [1.165, 1.54) is 6.26 Å². The SMILES string of the molecule is O=C(c1ccccc1)N1CCOC(CS(=O)(=O)NCc2ccco2)C1. The van der Waals surface area contributed by atoms with E-state index < -0.39 is 16.1 Å². The molecule has 0 radical (unpaired) electrons. The number of amides is 1. The molecule has 8 heteroatoms. The Labute approximate surface area is 146 Å². The van der Waals surface area contributed by atoms with Crippen molar-refractivity contribution in [1.29, 1.82) is 0 Å². The summed E-state index contributed by atoms with van der Waals surface area (Å²) in [5.74, 6) is 0.218. The number of morpholine rings is 1. The summed E-state index contributed by atoms with van der Waals surface area (Å²) in [7, 11) is -3.54. The van der Waals surface area contributed by atoms with Crippen molar-refractivity contribution in [2.75, 3.05) is 25.4 Å². The first kappa shape index (κ1) is 17.7. The molecule has 2 aromatic rings. The predicted octanol–water partition coefficient (Wildman–Crippen LogP) is 1.24. The first-order valence-electron chi connectivity index (χ1n) is 7.99. The molecule has 1 unspecified atom stereocenters. The van der Waals surface area contributed by atoms with Crippen molar-refractivity contribution in [1.82, 2.24) is 9.62 Å². The van der Waals surface area contributed by atoms with Gasteiger partial charge in [0, 0.05) is 18.7 Å². The maximum Gasteiger partial charge on any atom is 0.254 e. The van der Waals surface area contributed by atoms with Gasteiger partial charge in [-0.05, 0) is 24.3 Å². The highest BCUT2D eigenvalue weighted by molar-refractivity contribution is 7.89. The highest BCUT2D eigenvalue weighted by Crippen LogP contribution is 2.12. The zero-order chi connectivity index (χ0) is 17.7. The normalized spacial score (nSPS) is 18.2. The number of hydrogen-bond acceptors (Lipinski definition) is 5. The number of sulfonamides is 1. The molecular weight excluding hydrogens is 344 g/mol. The van der Waals surface area contributed by atoms with Gasteiger partial charge in [-0.2, -0.15) is 0 Å². The van der Waals surface area contributed by atoms with Crippen LogP contribution in [-0.4, -0.2) is 50.8 Å². The lowest BCUT2D eigenvalue weighted by Crippen LogP contribution is -2.49. The summed E-state index contributed by atoms with van der Waals surface area (Å²) >= 11 is 0. The van der Waals surface area contributed by atoms with Gasteiger partial charge in [0.1, 0.15) is 5.76 Å². The number of nitrogens with zero attached hydrogens (tertiary/aromatic N) is 1. The van der Waals surface area contributed by atoms with Gasteiger partial charge >= 0.3 is 0 Å². The molecule has 3 rings (SSSR count). The second-order valence-corrected chi connectivity index (χ2v) is 7.64. The van der Waals surface area contributed by atoms with Crippen molar-refractivity contribution in [2.45, 2.75) is 12.6 Å². The molecule has 1 aliphatic heterocycles. The van der Waals surface area contributed by atoms with Crippen molar-refractivity contribution in [3.8, 4) is 0 Å². The molecule has 1 saturated heterocycles. The second-order valence-electron chi connectivity index (χ2n) is 5.79. The standard InChI is InChI=1S/C17H20N2O5S/c20-17(14-5-2-1-3-6-14)19-8-10-24-16(12-19)13-25(21,22)18-11-15-7-4-9-23-15/h1-7,9,16,18H,8,10-13H2. The minimum atomic E-state index is -3.54. The Morgan fingerprint density at radius 1 is 1.20 bits per heavy atom. The average Bonchev–Trinajstić information content (AvgIpc) is 3.14. The van der Waals surface area contributed by atoms with E-state index in [0.717, 1.165) is 0 Å². The Morgan fingerprint density at radius 3 is 2.72 bits per heavy atom. The number of carbonyl (C=O) groups excluding carboxylic acids is 1. The quantitative estimate of drug-likeness (QED) is 0.833. The third-order valence-electron chi connectivity index (χ3n) is 3.90. The van der Waals surface area contributed by atoms with Crippen LogP contribution in [0.2, 0.25) is 0 Å². The molecule has 0 spiro atoms. The summed E-state index contributed by atoms with van der Waals surface area (Å²) in [6.07, 6.45) is 0.927. The highest BCUT2D eigenvalue weighted by Gasteiger charge is 2.28. The molecule has 1 amide bonds. The summed E-state index contributed by atoms with van der Waals surface area (Å²) in [6.45, 7) is 1.10. The van der Waals surface area contributed by atoms with Gasteiger partial charge in [0.05, 0.1) is 31.3 Å². The maximum atomic E-state index is 12.5. The number of carbonyl (C=O) groups is 1. The van der Waals surface area contributed by atoms with E-state index in [1.807, 2.05) is 6.07 Å². The molecule has 1 N–H and O–H groups in total. The Kier molecular flexibility index (Phi) is 5.52. The van der Waals surface area contributed by atoms with Gasteiger partial charge in [0.2, 0.25) is 10.0 Å². The largest absolute Gasteiger partial charge is 0.468 e. The Morgan fingerprint density at radius 2 is 2.00 bits per heavy atom. The Hall–Kier alpha value is -2.16. The van der Waals surface area contributed by atoms with Gasteiger partial charge in [-0.1, -0.05) is 18.2 Å². The monoisotopic (exact) mass is 364 g/mol. The number of rotatable bonds is 6. The van der Waals surface area contributed by atoms with Crippen LogP contribution in [0, 0.1) is 0 Å². The molecule has 1 aromatic heterocycles.